The Bertz CT molecular complexity index is 829. The smallest absolute Gasteiger partial charge is 0.257 e. The van der Waals surface area contributed by atoms with Gasteiger partial charge >= 0.3 is 0 Å². The van der Waals surface area contributed by atoms with E-state index in [0.717, 1.165) is 18.9 Å². The van der Waals surface area contributed by atoms with Crippen LogP contribution in [-0.4, -0.2) is 55.8 Å². The molecule has 3 rings (SSSR count). The molecule has 154 valence electrons. The first-order chi connectivity index (χ1) is 13.9. The average molecular weight is 398 g/mol. The topological polar surface area (TPSA) is 92.8 Å². The number of carbonyl (C=O) groups is 2. The van der Waals surface area contributed by atoms with Crippen LogP contribution in [0, 0.1) is 0 Å². The fourth-order valence-electron chi connectivity index (χ4n) is 3.13. The van der Waals surface area contributed by atoms with E-state index in [2.05, 4.69) is 20.5 Å². The van der Waals surface area contributed by atoms with E-state index >= 15 is 0 Å². The van der Waals surface area contributed by atoms with Gasteiger partial charge in [0.05, 0.1) is 17.8 Å². The van der Waals surface area contributed by atoms with Gasteiger partial charge in [0.15, 0.2) is 6.61 Å². The number of benzene rings is 1. The summed E-state index contributed by atoms with van der Waals surface area (Å²) in [5, 5.41) is 5.31. The molecule has 1 aliphatic rings. The third-order valence-corrected chi connectivity index (χ3v) is 4.51. The molecule has 29 heavy (non-hydrogen) atoms. The van der Waals surface area contributed by atoms with Crippen LogP contribution in [0.15, 0.2) is 42.6 Å². The number of carbonyl (C=O) groups excluding carboxylic acids is 2. The highest BCUT2D eigenvalue weighted by Crippen LogP contribution is 2.20. The zero-order valence-corrected chi connectivity index (χ0v) is 16.8. The summed E-state index contributed by atoms with van der Waals surface area (Å²) in [7, 11) is 1.55. The molecule has 1 aromatic carbocycles. The molecule has 2 amide bonds. The van der Waals surface area contributed by atoms with Crippen LogP contribution in [0.2, 0.25) is 0 Å². The lowest BCUT2D eigenvalue weighted by Gasteiger charge is -2.36. The number of morpholine rings is 1. The van der Waals surface area contributed by atoms with Crippen LogP contribution in [0.5, 0.6) is 5.75 Å². The van der Waals surface area contributed by atoms with Gasteiger partial charge in [0, 0.05) is 32.0 Å². The summed E-state index contributed by atoms with van der Waals surface area (Å²) in [5.41, 5.74) is 1.10. The van der Waals surface area contributed by atoms with Crippen molar-refractivity contribution >= 4 is 23.3 Å². The van der Waals surface area contributed by atoms with Crippen molar-refractivity contribution < 1.29 is 19.1 Å². The van der Waals surface area contributed by atoms with Gasteiger partial charge in [-0.3, -0.25) is 9.59 Å². The predicted molar refractivity (Wildman–Crippen MR) is 110 cm³/mol. The molecule has 0 spiro atoms. The third-order valence-electron chi connectivity index (χ3n) is 4.51. The van der Waals surface area contributed by atoms with Gasteiger partial charge in [-0.05, 0) is 50.2 Å². The molecule has 1 aliphatic heterocycles. The zero-order valence-electron chi connectivity index (χ0n) is 16.8. The number of amides is 2. The number of hydrogen-bond acceptors (Lipinski definition) is 6. The van der Waals surface area contributed by atoms with Gasteiger partial charge in [0.2, 0.25) is 0 Å². The van der Waals surface area contributed by atoms with E-state index < -0.39 is 0 Å². The van der Waals surface area contributed by atoms with Crippen molar-refractivity contribution in [2.75, 3.05) is 37.0 Å². The Kier molecular flexibility index (Phi) is 6.66. The summed E-state index contributed by atoms with van der Waals surface area (Å²) in [6.45, 7) is 5.58. The van der Waals surface area contributed by atoms with Crippen molar-refractivity contribution in [2.24, 2.45) is 0 Å². The van der Waals surface area contributed by atoms with Crippen molar-refractivity contribution in [3.8, 4) is 5.75 Å². The van der Waals surface area contributed by atoms with Crippen molar-refractivity contribution in [2.45, 2.75) is 26.1 Å². The molecule has 1 fully saturated rings. The molecule has 0 bridgehead atoms. The Labute approximate surface area is 170 Å². The van der Waals surface area contributed by atoms with E-state index in [1.54, 1.807) is 43.6 Å². The molecule has 2 atom stereocenters. The Morgan fingerprint density at radius 1 is 1.14 bits per heavy atom. The van der Waals surface area contributed by atoms with E-state index in [-0.39, 0.29) is 30.6 Å². The molecule has 1 aromatic heterocycles. The van der Waals surface area contributed by atoms with E-state index in [1.807, 2.05) is 19.9 Å². The van der Waals surface area contributed by atoms with E-state index in [9.17, 15) is 9.59 Å². The molecular formula is C21H26N4O4. The number of nitrogens with one attached hydrogen (secondary N) is 2. The van der Waals surface area contributed by atoms with Crippen molar-refractivity contribution in [1.82, 2.24) is 10.3 Å². The SMILES string of the molecule is CNC(=O)COc1ccc(NC(=O)c2ccc(N3CC(C)OC(C)C3)nc2)cc1. The molecule has 0 aliphatic carbocycles. The van der Waals surface area contributed by atoms with Crippen LogP contribution < -0.4 is 20.3 Å². The quantitative estimate of drug-likeness (QED) is 0.774. The summed E-state index contributed by atoms with van der Waals surface area (Å²) >= 11 is 0. The molecule has 2 aromatic rings. The number of anilines is 2. The molecule has 8 nitrogen and oxygen atoms in total. The second kappa shape index (κ2) is 9.38. The van der Waals surface area contributed by atoms with Gasteiger partial charge < -0.3 is 25.0 Å². The first-order valence-electron chi connectivity index (χ1n) is 9.56. The molecule has 2 heterocycles. The second-order valence-corrected chi connectivity index (χ2v) is 7.01. The number of nitrogens with zero attached hydrogens (tertiary/aromatic N) is 2. The lowest BCUT2D eigenvalue weighted by atomic mass is 10.2. The lowest BCUT2D eigenvalue weighted by molar-refractivity contribution is -0.122. The highest BCUT2D eigenvalue weighted by atomic mass is 16.5. The molecule has 1 saturated heterocycles. The van der Waals surface area contributed by atoms with Gasteiger partial charge in [0.25, 0.3) is 11.8 Å². The van der Waals surface area contributed by atoms with Gasteiger partial charge in [0.1, 0.15) is 11.6 Å². The maximum absolute atomic E-state index is 12.5. The van der Waals surface area contributed by atoms with Gasteiger partial charge in [-0.15, -0.1) is 0 Å². The molecule has 2 unspecified atom stereocenters. The highest BCUT2D eigenvalue weighted by Gasteiger charge is 2.23. The Morgan fingerprint density at radius 3 is 2.41 bits per heavy atom. The molecular weight excluding hydrogens is 372 g/mol. The van der Waals surface area contributed by atoms with Crippen LogP contribution in [0.3, 0.4) is 0 Å². The number of rotatable bonds is 6. The minimum Gasteiger partial charge on any atom is -0.484 e. The minimum absolute atomic E-state index is 0.0546. The van der Waals surface area contributed by atoms with Crippen molar-refractivity contribution in [3.05, 3.63) is 48.2 Å². The second-order valence-electron chi connectivity index (χ2n) is 7.01. The van der Waals surface area contributed by atoms with Crippen LogP contribution in [0.1, 0.15) is 24.2 Å². The van der Waals surface area contributed by atoms with Gasteiger partial charge in [-0.1, -0.05) is 0 Å². The number of pyridine rings is 1. The predicted octanol–water partition coefficient (Wildman–Crippen LogP) is 2.07. The van der Waals surface area contributed by atoms with E-state index in [4.69, 9.17) is 9.47 Å². The van der Waals surface area contributed by atoms with E-state index in [0.29, 0.717) is 17.0 Å². The largest absolute Gasteiger partial charge is 0.484 e. The summed E-state index contributed by atoms with van der Waals surface area (Å²) < 4.78 is 11.1. The molecule has 8 heteroatoms. The first-order valence-corrected chi connectivity index (χ1v) is 9.56. The van der Waals surface area contributed by atoms with Gasteiger partial charge in [-0.25, -0.2) is 4.98 Å². The lowest BCUT2D eigenvalue weighted by Crippen LogP contribution is -2.45. The number of aromatic nitrogens is 1. The fourth-order valence-corrected chi connectivity index (χ4v) is 3.13. The summed E-state index contributed by atoms with van der Waals surface area (Å²) in [6, 6.07) is 10.4. The maximum atomic E-state index is 12.5. The first kappa shape index (κ1) is 20.6. The molecule has 2 N–H and O–H groups in total. The number of ether oxygens (including phenoxy) is 2. The number of hydrogen-bond donors (Lipinski definition) is 2. The highest BCUT2D eigenvalue weighted by molar-refractivity contribution is 6.04. The fraction of sp³-hybridized carbons (Fsp3) is 0.381. The van der Waals surface area contributed by atoms with Crippen LogP contribution in [0.25, 0.3) is 0 Å². The average Bonchev–Trinajstić information content (AvgIpc) is 2.72. The Morgan fingerprint density at radius 2 is 1.83 bits per heavy atom. The zero-order chi connectivity index (χ0) is 20.8. The molecule has 0 radical (unpaired) electrons. The number of likely N-dealkylation sites (N-methyl/N-ethyl adjacent to an activating group) is 1. The Balaban J connectivity index is 1.57. The molecule has 0 saturated carbocycles. The minimum atomic E-state index is -0.244. The summed E-state index contributed by atoms with van der Waals surface area (Å²) in [5.74, 6) is 0.930. The summed E-state index contributed by atoms with van der Waals surface area (Å²) in [6.07, 6.45) is 1.87. The van der Waals surface area contributed by atoms with Crippen LogP contribution in [0.4, 0.5) is 11.5 Å². The van der Waals surface area contributed by atoms with Gasteiger partial charge in [-0.2, -0.15) is 0 Å². The standard InChI is InChI=1S/C21H26N4O4/c1-14-11-25(12-15(2)29-14)19-9-4-16(10-23-19)21(27)24-17-5-7-18(8-6-17)28-13-20(26)22-3/h4-10,14-15H,11-13H2,1-3H3,(H,22,26)(H,24,27). The Hall–Kier alpha value is -3.13. The van der Waals surface area contributed by atoms with Crippen LogP contribution >= 0.6 is 0 Å². The normalized spacial score (nSPS) is 18.8. The monoisotopic (exact) mass is 398 g/mol. The summed E-state index contributed by atoms with van der Waals surface area (Å²) in [4.78, 5) is 30.3. The van der Waals surface area contributed by atoms with Crippen molar-refractivity contribution in [3.63, 3.8) is 0 Å². The third kappa shape index (κ3) is 5.68. The van der Waals surface area contributed by atoms with E-state index in [1.165, 1.54) is 0 Å². The maximum Gasteiger partial charge on any atom is 0.257 e. The van der Waals surface area contributed by atoms with Crippen LogP contribution in [-0.2, 0) is 9.53 Å². The van der Waals surface area contributed by atoms with Crippen molar-refractivity contribution in [1.29, 1.82) is 0 Å².